The van der Waals surface area contributed by atoms with Crippen molar-refractivity contribution in [2.75, 3.05) is 6.61 Å². The Labute approximate surface area is 116 Å². The molecule has 2 atom stereocenters. The lowest BCUT2D eigenvalue weighted by Gasteiger charge is -2.44. The maximum absolute atomic E-state index is 11.0. The summed E-state index contributed by atoms with van der Waals surface area (Å²) in [6.07, 6.45) is 6.22. The van der Waals surface area contributed by atoms with Crippen LogP contribution in [0.5, 0.6) is 5.75 Å². The molecular formula is C16H25NO2. The summed E-state index contributed by atoms with van der Waals surface area (Å²) >= 11 is 0. The molecule has 1 N–H and O–H groups in total. The zero-order chi connectivity index (χ0) is 14.1. The summed E-state index contributed by atoms with van der Waals surface area (Å²) < 4.78 is 5.49. The van der Waals surface area contributed by atoms with Crippen LogP contribution in [0.2, 0.25) is 0 Å². The summed E-state index contributed by atoms with van der Waals surface area (Å²) in [7, 11) is 0. The van der Waals surface area contributed by atoms with Crippen molar-refractivity contribution in [3.8, 4) is 5.75 Å². The molecule has 0 saturated heterocycles. The van der Waals surface area contributed by atoms with Gasteiger partial charge in [-0.3, -0.25) is 4.98 Å². The van der Waals surface area contributed by atoms with Crippen molar-refractivity contribution < 1.29 is 9.84 Å². The Morgan fingerprint density at radius 1 is 1.37 bits per heavy atom. The molecule has 1 saturated carbocycles. The molecule has 19 heavy (non-hydrogen) atoms. The van der Waals surface area contributed by atoms with Crippen LogP contribution in [-0.2, 0) is 5.60 Å². The summed E-state index contributed by atoms with van der Waals surface area (Å²) in [6.45, 7) is 9.24. The standard InChI is InChI=1S/C16H25NO2/c1-5-19-14-6-13(9-17-10-14)16(18)8-12(2)7-15(3,4)11-16/h6,9-10,12,18H,5,7-8,11H2,1-4H3. The van der Waals surface area contributed by atoms with E-state index in [1.807, 2.05) is 13.0 Å². The van der Waals surface area contributed by atoms with Crippen LogP contribution in [-0.4, -0.2) is 16.7 Å². The SMILES string of the molecule is CCOc1cncc(C2(O)CC(C)CC(C)(C)C2)c1. The van der Waals surface area contributed by atoms with Crippen LogP contribution < -0.4 is 4.74 Å². The highest BCUT2D eigenvalue weighted by Crippen LogP contribution is 2.48. The van der Waals surface area contributed by atoms with E-state index in [9.17, 15) is 5.11 Å². The van der Waals surface area contributed by atoms with Gasteiger partial charge < -0.3 is 9.84 Å². The number of hydrogen-bond donors (Lipinski definition) is 1. The minimum Gasteiger partial charge on any atom is -0.492 e. The summed E-state index contributed by atoms with van der Waals surface area (Å²) in [5, 5.41) is 11.0. The van der Waals surface area contributed by atoms with E-state index >= 15 is 0 Å². The van der Waals surface area contributed by atoms with Gasteiger partial charge in [-0.05, 0) is 43.6 Å². The van der Waals surface area contributed by atoms with Gasteiger partial charge in [0.15, 0.2) is 0 Å². The van der Waals surface area contributed by atoms with Crippen LogP contribution in [0.25, 0.3) is 0 Å². The van der Waals surface area contributed by atoms with Crippen molar-refractivity contribution in [3.63, 3.8) is 0 Å². The summed E-state index contributed by atoms with van der Waals surface area (Å²) in [4.78, 5) is 4.21. The van der Waals surface area contributed by atoms with Crippen LogP contribution in [0.3, 0.4) is 0 Å². The molecule has 0 aromatic carbocycles. The van der Waals surface area contributed by atoms with Gasteiger partial charge >= 0.3 is 0 Å². The number of hydrogen-bond acceptors (Lipinski definition) is 3. The lowest BCUT2D eigenvalue weighted by atomic mass is 9.64. The molecule has 0 aliphatic heterocycles. The molecular weight excluding hydrogens is 238 g/mol. The molecule has 1 aromatic rings. The van der Waals surface area contributed by atoms with Gasteiger partial charge in [-0.15, -0.1) is 0 Å². The van der Waals surface area contributed by atoms with Crippen molar-refractivity contribution in [1.82, 2.24) is 4.98 Å². The van der Waals surface area contributed by atoms with Gasteiger partial charge in [0.2, 0.25) is 0 Å². The van der Waals surface area contributed by atoms with Crippen LogP contribution in [0, 0.1) is 11.3 Å². The Balaban J connectivity index is 2.30. The Hall–Kier alpha value is -1.09. The fourth-order valence-electron chi connectivity index (χ4n) is 3.67. The van der Waals surface area contributed by atoms with Crippen LogP contribution >= 0.6 is 0 Å². The van der Waals surface area contributed by atoms with Gasteiger partial charge in [0.1, 0.15) is 5.75 Å². The number of aromatic nitrogens is 1. The fraction of sp³-hybridized carbons (Fsp3) is 0.688. The number of nitrogens with zero attached hydrogens (tertiary/aromatic N) is 1. The molecule has 0 radical (unpaired) electrons. The minimum absolute atomic E-state index is 0.161. The average molecular weight is 263 g/mol. The molecule has 3 heteroatoms. The molecule has 1 fully saturated rings. The van der Waals surface area contributed by atoms with Crippen LogP contribution in [0.1, 0.15) is 52.5 Å². The second kappa shape index (κ2) is 5.12. The van der Waals surface area contributed by atoms with Gasteiger partial charge in [0, 0.05) is 11.8 Å². The van der Waals surface area contributed by atoms with Crippen molar-refractivity contribution >= 4 is 0 Å². The van der Waals surface area contributed by atoms with E-state index in [0.29, 0.717) is 12.5 Å². The van der Waals surface area contributed by atoms with Gasteiger partial charge in [0.25, 0.3) is 0 Å². The Kier molecular flexibility index (Phi) is 3.86. The third kappa shape index (κ3) is 3.27. The molecule has 1 aliphatic rings. The van der Waals surface area contributed by atoms with Crippen LogP contribution in [0.4, 0.5) is 0 Å². The van der Waals surface area contributed by atoms with E-state index in [4.69, 9.17) is 4.74 Å². The van der Waals surface area contributed by atoms with Gasteiger partial charge in [-0.2, -0.15) is 0 Å². The number of rotatable bonds is 3. The third-order valence-electron chi connectivity index (χ3n) is 3.92. The lowest BCUT2D eigenvalue weighted by Crippen LogP contribution is -2.40. The van der Waals surface area contributed by atoms with E-state index in [1.165, 1.54) is 0 Å². The molecule has 1 aliphatic carbocycles. The first-order chi connectivity index (χ1) is 8.85. The molecule has 106 valence electrons. The van der Waals surface area contributed by atoms with Crippen molar-refractivity contribution in [2.24, 2.45) is 11.3 Å². The van der Waals surface area contributed by atoms with Crippen molar-refractivity contribution in [3.05, 3.63) is 24.0 Å². The predicted molar refractivity (Wildman–Crippen MR) is 76.1 cm³/mol. The van der Waals surface area contributed by atoms with E-state index < -0.39 is 5.60 Å². The summed E-state index contributed by atoms with van der Waals surface area (Å²) in [5.74, 6) is 1.26. The third-order valence-corrected chi connectivity index (χ3v) is 3.92. The topological polar surface area (TPSA) is 42.4 Å². The maximum atomic E-state index is 11.0. The van der Waals surface area contributed by atoms with E-state index in [0.717, 1.165) is 30.6 Å². The van der Waals surface area contributed by atoms with E-state index in [1.54, 1.807) is 12.4 Å². The zero-order valence-electron chi connectivity index (χ0n) is 12.4. The molecule has 3 nitrogen and oxygen atoms in total. The maximum Gasteiger partial charge on any atom is 0.137 e. The highest BCUT2D eigenvalue weighted by atomic mass is 16.5. The lowest BCUT2D eigenvalue weighted by molar-refractivity contribution is -0.0638. The van der Waals surface area contributed by atoms with Crippen molar-refractivity contribution in [2.45, 2.75) is 52.6 Å². The largest absolute Gasteiger partial charge is 0.492 e. The first kappa shape index (κ1) is 14.3. The quantitative estimate of drug-likeness (QED) is 0.907. The molecule has 2 rings (SSSR count). The Bertz CT molecular complexity index is 444. The summed E-state index contributed by atoms with van der Waals surface area (Å²) in [5.41, 5.74) is 0.271. The molecule has 0 spiro atoms. The zero-order valence-corrected chi connectivity index (χ0v) is 12.4. The molecule has 1 heterocycles. The predicted octanol–water partition coefficient (Wildman–Crippen LogP) is 3.51. The normalized spacial score (nSPS) is 30.1. The Morgan fingerprint density at radius 2 is 2.11 bits per heavy atom. The second-order valence-corrected chi connectivity index (χ2v) is 6.73. The highest BCUT2D eigenvalue weighted by molar-refractivity contribution is 5.29. The van der Waals surface area contributed by atoms with Gasteiger partial charge in [0.05, 0.1) is 18.4 Å². The van der Waals surface area contributed by atoms with E-state index in [-0.39, 0.29) is 5.41 Å². The fourth-order valence-corrected chi connectivity index (χ4v) is 3.67. The van der Waals surface area contributed by atoms with Gasteiger partial charge in [-0.1, -0.05) is 20.8 Å². The monoisotopic (exact) mass is 263 g/mol. The number of pyridine rings is 1. The molecule has 0 amide bonds. The summed E-state index contributed by atoms with van der Waals surface area (Å²) in [6, 6.07) is 1.94. The molecule has 2 unspecified atom stereocenters. The number of aliphatic hydroxyl groups is 1. The first-order valence-electron chi connectivity index (χ1n) is 7.15. The smallest absolute Gasteiger partial charge is 0.137 e. The van der Waals surface area contributed by atoms with Crippen LogP contribution in [0.15, 0.2) is 18.5 Å². The van der Waals surface area contributed by atoms with Crippen molar-refractivity contribution in [1.29, 1.82) is 0 Å². The number of ether oxygens (including phenoxy) is 1. The second-order valence-electron chi connectivity index (χ2n) is 6.73. The van der Waals surface area contributed by atoms with E-state index in [2.05, 4.69) is 25.8 Å². The molecule has 1 aromatic heterocycles. The molecule has 0 bridgehead atoms. The minimum atomic E-state index is -0.777. The highest BCUT2D eigenvalue weighted by Gasteiger charge is 2.42. The average Bonchev–Trinajstić information content (AvgIpc) is 2.26. The first-order valence-corrected chi connectivity index (χ1v) is 7.15. The van der Waals surface area contributed by atoms with Gasteiger partial charge in [-0.25, -0.2) is 0 Å². The Morgan fingerprint density at radius 3 is 2.74 bits per heavy atom.